The van der Waals surface area contributed by atoms with Gasteiger partial charge in [0, 0.05) is 23.7 Å². The summed E-state index contributed by atoms with van der Waals surface area (Å²) < 4.78 is 14.7. The molecule has 6 nitrogen and oxygen atoms in total. The molecule has 1 amide bonds. The van der Waals surface area contributed by atoms with Crippen LogP contribution >= 0.6 is 11.6 Å². The standard InChI is InChI=1S/C22H23ClFN5O/c23-16-4-1-3-15(11-16)19-13-26-21(27-19)22(30)28-18-6-2-5-17(24)20(18)29-9-7-14(12-25)8-10-29/h1-6,11,13-14H,7-10,12,25H2,(H,26,27)(H,28,30). The number of hydrogen-bond donors (Lipinski definition) is 3. The van der Waals surface area contributed by atoms with E-state index in [1.807, 2.05) is 17.0 Å². The first-order valence-corrected chi connectivity index (χ1v) is 10.3. The second-order valence-electron chi connectivity index (χ2n) is 7.41. The molecule has 0 bridgehead atoms. The Kier molecular flexibility index (Phi) is 6.01. The predicted octanol–water partition coefficient (Wildman–Crippen LogP) is 4.30. The number of hydrogen-bond acceptors (Lipinski definition) is 4. The summed E-state index contributed by atoms with van der Waals surface area (Å²) in [5, 5.41) is 3.39. The summed E-state index contributed by atoms with van der Waals surface area (Å²) in [6, 6.07) is 11.9. The molecule has 1 aliphatic heterocycles. The Balaban J connectivity index is 1.54. The first kappa shape index (κ1) is 20.4. The highest BCUT2D eigenvalue weighted by Crippen LogP contribution is 2.32. The van der Waals surface area contributed by atoms with Crippen LogP contribution in [0.5, 0.6) is 0 Å². The minimum absolute atomic E-state index is 0.141. The van der Waals surface area contributed by atoms with Gasteiger partial charge < -0.3 is 20.9 Å². The molecule has 4 N–H and O–H groups in total. The van der Waals surface area contributed by atoms with Crippen LogP contribution in [0.3, 0.4) is 0 Å². The summed E-state index contributed by atoms with van der Waals surface area (Å²) in [5.74, 6) is -0.203. The number of carbonyl (C=O) groups excluding carboxylic acids is 1. The summed E-state index contributed by atoms with van der Waals surface area (Å²) >= 11 is 6.04. The molecule has 0 radical (unpaired) electrons. The number of rotatable bonds is 5. The van der Waals surface area contributed by atoms with Crippen LogP contribution in [0.2, 0.25) is 5.02 Å². The lowest BCUT2D eigenvalue weighted by Crippen LogP contribution is -2.37. The molecular weight excluding hydrogens is 405 g/mol. The highest BCUT2D eigenvalue weighted by molar-refractivity contribution is 6.30. The minimum atomic E-state index is -0.438. The zero-order valence-corrected chi connectivity index (χ0v) is 17.1. The molecule has 0 saturated carbocycles. The van der Waals surface area contributed by atoms with Crippen molar-refractivity contribution in [3.8, 4) is 11.3 Å². The zero-order valence-electron chi connectivity index (χ0n) is 16.4. The first-order chi connectivity index (χ1) is 14.5. The fourth-order valence-corrected chi connectivity index (χ4v) is 3.94. The van der Waals surface area contributed by atoms with E-state index in [0.717, 1.165) is 18.4 Å². The van der Waals surface area contributed by atoms with Gasteiger partial charge in [-0.2, -0.15) is 0 Å². The Labute approximate surface area is 179 Å². The fourth-order valence-electron chi connectivity index (χ4n) is 3.75. The average Bonchev–Trinajstić information content (AvgIpc) is 3.25. The van der Waals surface area contributed by atoms with Crippen molar-refractivity contribution < 1.29 is 9.18 Å². The van der Waals surface area contributed by atoms with Gasteiger partial charge in [-0.15, -0.1) is 0 Å². The second kappa shape index (κ2) is 8.85. The molecule has 1 fully saturated rings. The first-order valence-electron chi connectivity index (χ1n) is 9.91. The van der Waals surface area contributed by atoms with Crippen LogP contribution in [-0.4, -0.2) is 35.5 Å². The molecule has 0 unspecified atom stereocenters. The van der Waals surface area contributed by atoms with Crippen LogP contribution in [0.4, 0.5) is 15.8 Å². The number of anilines is 2. The number of H-pyrrole nitrogens is 1. The number of aromatic amines is 1. The van der Waals surface area contributed by atoms with Crippen molar-refractivity contribution in [2.75, 3.05) is 29.9 Å². The van der Waals surface area contributed by atoms with Crippen LogP contribution in [0.25, 0.3) is 11.3 Å². The van der Waals surface area contributed by atoms with Crippen LogP contribution in [0.1, 0.15) is 23.5 Å². The fraction of sp³-hybridized carbons (Fsp3) is 0.273. The van der Waals surface area contributed by atoms with E-state index in [1.165, 1.54) is 6.07 Å². The number of para-hydroxylation sites is 1. The molecule has 1 saturated heterocycles. The predicted molar refractivity (Wildman–Crippen MR) is 117 cm³/mol. The number of nitrogens with one attached hydrogen (secondary N) is 2. The van der Waals surface area contributed by atoms with Crippen molar-refractivity contribution in [2.24, 2.45) is 11.7 Å². The van der Waals surface area contributed by atoms with Crippen molar-refractivity contribution in [2.45, 2.75) is 12.8 Å². The van der Waals surface area contributed by atoms with E-state index in [4.69, 9.17) is 17.3 Å². The van der Waals surface area contributed by atoms with Crippen molar-refractivity contribution >= 4 is 28.9 Å². The van der Waals surface area contributed by atoms with Crippen molar-refractivity contribution in [1.29, 1.82) is 0 Å². The SMILES string of the molecule is NCC1CCN(c2c(F)cccc2NC(=O)c2ncc(-c3cccc(Cl)c3)[nH]2)CC1. The quantitative estimate of drug-likeness (QED) is 0.566. The van der Waals surface area contributed by atoms with E-state index in [0.29, 0.717) is 47.6 Å². The van der Waals surface area contributed by atoms with Crippen LogP contribution in [-0.2, 0) is 0 Å². The molecule has 8 heteroatoms. The van der Waals surface area contributed by atoms with Gasteiger partial charge in [-0.3, -0.25) is 4.79 Å². The molecular formula is C22H23ClFN5O. The maximum absolute atomic E-state index is 14.7. The van der Waals surface area contributed by atoms with Gasteiger partial charge >= 0.3 is 0 Å². The van der Waals surface area contributed by atoms with Crippen molar-refractivity contribution in [3.05, 3.63) is 65.3 Å². The van der Waals surface area contributed by atoms with E-state index in [2.05, 4.69) is 15.3 Å². The molecule has 1 aromatic heterocycles. The summed E-state index contributed by atoms with van der Waals surface area (Å²) in [4.78, 5) is 21.9. The highest BCUT2D eigenvalue weighted by Gasteiger charge is 2.24. The van der Waals surface area contributed by atoms with Gasteiger partial charge in [-0.05, 0) is 49.6 Å². The van der Waals surface area contributed by atoms with Crippen LogP contribution in [0, 0.1) is 11.7 Å². The highest BCUT2D eigenvalue weighted by atomic mass is 35.5. The second-order valence-corrected chi connectivity index (χ2v) is 7.85. The minimum Gasteiger partial charge on any atom is -0.367 e. The van der Waals surface area contributed by atoms with Gasteiger partial charge in [0.2, 0.25) is 0 Å². The van der Waals surface area contributed by atoms with Gasteiger partial charge in [0.15, 0.2) is 5.82 Å². The molecule has 3 aromatic rings. The number of nitrogens with zero attached hydrogens (tertiary/aromatic N) is 2. The number of halogens is 2. The Bertz CT molecular complexity index is 1050. The summed E-state index contributed by atoms with van der Waals surface area (Å²) in [6.45, 7) is 2.04. The molecule has 2 aromatic carbocycles. The molecule has 2 heterocycles. The van der Waals surface area contributed by atoms with E-state index in [-0.39, 0.29) is 11.6 Å². The molecule has 30 heavy (non-hydrogen) atoms. The molecule has 0 spiro atoms. The van der Waals surface area contributed by atoms with Gasteiger partial charge in [-0.1, -0.05) is 29.8 Å². The summed E-state index contributed by atoms with van der Waals surface area (Å²) in [5.41, 5.74) is 8.09. The van der Waals surface area contributed by atoms with Crippen molar-refractivity contribution in [1.82, 2.24) is 9.97 Å². The van der Waals surface area contributed by atoms with Gasteiger partial charge in [0.05, 0.1) is 23.3 Å². The number of imidazole rings is 1. The molecule has 0 atom stereocenters. The van der Waals surface area contributed by atoms with E-state index < -0.39 is 5.91 Å². The Morgan fingerprint density at radius 1 is 1.27 bits per heavy atom. The number of carbonyl (C=O) groups is 1. The van der Waals surface area contributed by atoms with Gasteiger partial charge in [0.25, 0.3) is 5.91 Å². The lowest BCUT2D eigenvalue weighted by atomic mass is 9.96. The Hall–Kier alpha value is -2.90. The number of amides is 1. The number of benzene rings is 2. The smallest absolute Gasteiger partial charge is 0.291 e. The van der Waals surface area contributed by atoms with Crippen molar-refractivity contribution in [3.63, 3.8) is 0 Å². The zero-order chi connectivity index (χ0) is 21.1. The third-order valence-electron chi connectivity index (χ3n) is 5.43. The van der Waals surface area contributed by atoms with Crippen LogP contribution < -0.4 is 16.0 Å². The largest absolute Gasteiger partial charge is 0.367 e. The molecule has 0 aliphatic carbocycles. The molecule has 4 rings (SSSR count). The topological polar surface area (TPSA) is 87.0 Å². The average molecular weight is 428 g/mol. The summed E-state index contributed by atoms with van der Waals surface area (Å²) in [6.07, 6.45) is 3.38. The van der Waals surface area contributed by atoms with Crippen LogP contribution in [0.15, 0.2) is 48.7 Å². The van der Waals surface area contributed by atoms with Gasteiger partial charge in [-0.25, -0.2) is 9.37 Å². The number of piperidine rings is 1. The molecule has 1 aliphatic rings. The number of nitrogens with two attached hydrogens (primary N) is 1. The van der Waals surface area contributed by atoms with E-state index in [9.17, 15) is 9.18 Å². The van der Waals surface area contributed by atoms with E-state index in [1.54, 1.807) is 30.5 Å². The van der Waals surface area contributed by atoms with Gasteiger partial charge in [0.1, 0.15) is 5.82 Å². The maximum Gasteiger partial charge on any atom is 0.291 e. The monoisotopic (exact) mass is 427 g/mol. The molecule has 156 valence electrons. The maximum atomic E-state index is 14.7. The summed E-state index contributed by atoms with van der Waals surface area (Å²) in [7, 11) is 0. The third kappa shape index (κ3) is 4.32. The normalized spacial score (nSPS) is 14.7. The lowest BCUT2D eigenvalue weighted by molar-refractivity contribution is 0.101. The Morgan fingerprint density at radius 3 is 2.77 bits per heavy atom. The van der Waals surface area contributed by atoms with E-state index >= 15 is 0 Å². The Morgan fingerprint density at radius 2 is 2.03 bits per heavy atom. The number of aromatic nitrogens is 2. The lowest BCUT2D eigenvalue weighted by Gasteiger charge is -2.34. The third-order valence-corrected chi connectivity index (χ3v) is 5.66.